The zero-order chi connectivity index (χ0) is 12.8. The van der Waals surface area contributed by atoms with E-state index in [2.05, 4.69) is 6.92 Å². The van der Waals surface area contributed by atoms with Gasteiger partial charge in [0.15, 0.2) is 11.5 Å². The second kappa shape index (κ2) is 6.28. The monoisotopic (exact) mass is 236 g/mol. The van der Waals surface area contributed by atoms with Crippen molar-refractivity contribution in [1.82, 2.24) is 0 Å². The van der Waals surface area contributed by atoms with Crippen LogP contribution in [0.25, 0.3) is 0 Å². The van der Waals surface area contributed by atoms with Gasteiger partial charge in [0.05, 0.1) is 14.2 Å². The summed E-state index contributed by atoms with van der Waals surface area (Å²) in [6.45, 7) is 3.71. The molecule has 0 saturated carbocycles. The van der Waals surface area contributed by atoms with Gasteiger partial charge < -0.3 is 9.47 Å². The highest BCUT2D eigenvalue weighted by Crippen LogP contribution is 2.33. The number of rotatable bonds is 6. The van der Waals surface area contributed by atoms with E-state index in [1.165, 1.54) is 0 Å². The molecule has 0 N–H and O–H groups in total. The van der Waals surface area contributed by atoms with Gasteiger partial charge in [-0.15, -0.1) is 0 Å². The van der Waals surface area contributed by atoms with E-state index in [1.807, 2.05) is 12.1 Å². The summed E-state index contributed by atoms with van der Waals surface area (Å²) in [6, 6.07) is 3.91. The Labute approximate surface area is 103 Å². The lowest BCUT2D eigenvalue weighted by molar-refractivity contribution is -0.116. The highest BCUT2D eigenvalue weighted by molar-refractivity contribution is 5.78. The molecule has 0 aliphatic rings. The number of methoxy groups -OCH3 is 2. The zero-order valence-electron chi connectivity index (χ0n) is 11.0. The van der Waals surface area contributed by atoms with Crippen molar-refractivity contribution in [3.63, 3.8) is 0 Å². The highest BCUT2D eigenvalue weighted by atomic mass is 16.5. The average molecular weight is 236 g/mol. The summed E-state index contributed by atoms with van der Waals surface area (Å²) in [4.78, 5) is 11.2. The first kappa shape index (κ1) is 13.6. The molecule has 3 nitrogen and oxygen atoms in total. The molecule has 0 saturated heterocycles. The van der Waals surface area contributed by atoms with E-state index in [1.54, 1.807) is 21.1 Å². The lowest BCUT2D eigenvalue weighted by Gasteiger charge is -2.14. The standard InChI is InChI=1S/C14H20O3/c1-5-6-12-8-11(7-10(2)15)9-13(16-3)14(12)17-4/h8-9H,5-7H2,1-4H3. The molecule has 0 radical (unpaired) electrons. The van der Waals surface area contributed by atoms with Crippen LogP contribution < -0.4 is 9.47 Å². The molecule has 0 heterocycles. The maximum Gasteiger partial charge on any atom is 0.163 e. The number of hydrogen-bond donors (Lipinski definition) is 0. The van der Waals surface area contributed by atoms with Gasteiger partial charge in [-0.05, 0) is 30.5 Å². The number of benzene rings is 1. The second-order valence-corrected chi connectivity index (χ2v) is 4.12. The highest BCUT2D eigenvalue weighted by Gasteiger charge is 2.12. The molecule has 1 aromatic rings. The van der Waals surface area contributed by atoms with Gasteiger partial charge in [0.1, 0.15) is 5.78 Å². The molecule has 0 atom stereocenters. The topological polar surface area (TPSA) is 35.5 Å². The Balaban J connectivity index is 3.18. The molecular weight excluding hydrogens is 216 g/mol. The summed E-state index contributed by atoms with van der Waals surface area (Å²) in [5, 5.41) is 0. The van der Waals surface area contributed by atoms with Gasteiger partial charge in [0, 0.05) is 6.42 Å². The molecule has 17 heavy (non-hydrogen) atoms. The van der Waals surface area contributed by atoms with Crippen LogP contribution in [0, 0.1) is 0 Å². The molecule has 0 aliphatic heterocycles. The van der Waals surface area contributed by atoms with Gasteiger partial charge in [-0.3, -0.25) is 4.79 Å². The van der Waals surface area contributed by atoms with Crippen LogP contribution in [0.5, 0.6) is 11.5 Å². The smallest absolute Gasteiger partial charge is 0.163 e. The Morgan fingerprint density at radius 1 is 1.24 bits per heavy atom. The fraction of sp³-hybridized carbons (Fsp3) is 0.500. The Hall–Kier alpha value is -1.51. The molecule has 0 bridgehead atoms. The van der Waals surface area contributed by atoms with E-state index in [0.717, 1.165) is 29.7 Å². The van der Waals surface area contributed by atoms with Crippen LogP contribution >= 0.6 is 0 Å². The molecule has 1 aromatic carbocycles. The Morgan fingerprint density at radius 3 is 2.41 bits per heavy atom. The van der Waals surface area contributed by atoms with Crippen molar-refractivity contribution in [1.29, 1.82) is 0 Å². The maximum absolute atomic E-state index is 11.2. The molecule has 3 heteroatoms. The van der Waals surface area contributed by atoms with Crippen LogP contribution in [-0.2, 0) is 17.6 Å². The molecule has 1 rings (SSSR count). The molecule has 94 valence electrons. The van der Waals surface area contributed by atoms with Crippen LogP contribution in [-0.4, -0.2) is 20.0 Å². The predicted molar refractivity (Wildman–Crippen MR) is 67.9 cm³/mol. The maximum atomic E-state index is 11.2. The minimum atomic E-state index is 0.152. The first-order valence-corrected chi connectivity index (χ1v) is 5.85. The van der Waals surface area contributed by atoms with Crippen LogP contribution in [0.4, 0.5) is 0 Å². The summed E-state index contributed by atoms with van der Waals surface area (Å²) in [5.41, 5.74) is 2.09. The quantitative estimate of drug-likeness (QED) is 0.762. The Morgan fingerprint density at radius 2 is 1.94 bits per heavy atom. The molecule has 0 fully saturated rings. The summed E-state index contributed by atoms with van der Waals surface area (Å²) in [6.07, 6.45) is 2.39. The van der Waals surface area contributed by atoms with Crippen LogP contribution in [0.1, 0.15) is 31.4 Å². The van der Waals surface area contributed by atoms with Crippen LogP contribution in [0.3, 0.4) is 0 Å². The van der Waals surface area contributed by atoms with E-state index < -0.39 is 0 Å². The van der Waals surface area contributed by atoms with E-state index in [0.29, 0.717) is 12.2 Å². The number of carbonyl (C=O) groups excluding carboxylic acids is 1. The SMILES string of the molecule is CCCc1cc(CC(C)=O)cc(OC)c1OC. The number of Topliss-reactive ketones (excluding diaryl/α,β-unsaturated/α-hetero) is 1. The molecule has 0 amide bonds. The summed E-state index contributed by atoms with van der Waals surface area (Å²) in [5.74, 6) is 1.64. The Kier molecular flexibility index (Phi) is 5.01. The minimum Gasteiger partial charge on any atom is -0.493 e. The normalized spacial score (nSPS) is 10.1. The van der Waals surface area contributed by atoms with Crippen molar-refractivity contribution < 1.29 is 14.3 Å². The van der Waals surface area contributed by atoms with Crippen molar-refractivity contribution in [2.75, 3.05) is 14.2 Å². The fourth-order valence-corrected chi connectivity index (χ4v) is 1.95. The van der Waals surface area contributed by atoms with E-state index >= 15 is 0 Å². The number of ether oxygens (including phenoxy) is 2. The predicted octanol–water partition coefficient (Wildman–Crippen LogP) is 2.79. The van der Waals surface area contributed by atoms with Crippen molar-refractivity contribution in [2.45, 2.75) is 33.1 Å². The third-order valence-corrected chi connectivity index (χ3v) is 2.59. The minimum absolute atomic E-state index is 0.152. The Bertz CT molecular complexity index is 397. The van der Waals surface area contributed by atoms with Gasteiger partial charge in [0.25, 0.3) is 0 Å². The number of aryl methyl sites for hydroxylation is 1. The molecule has 0 aliphatic carbocycles. The number of ketones is 1. The number of carbonyl (C=O) groups is 1. The summed E-state index contributed by atoms with van der Waals surface area (Å²) < 4.78 is 10.7. The lowest BCUT2D eigenvalue weighted by Crippen LogP contribution is -2.01. The van der Waals surface area contributed by atoms with Crippen molar-refractivity contribution in [2.24, 2.45) is 0 Å². The van der Waals surface area contributed by atoms with Crippen LogP contribution in [0.2, 0.25) is 0 Å². The van der Waals surface area contributed by atoms with Gasteiger partial charge in [-0.25, -0.2) is 0 Å². The van der Waals surface area contributed by atoms with Gasteiger partial charge in [0.2, 0.25) is 0 Å². The molecule has 0 unspecified atom stereocenters. The zero-order valence-corrected chi connectivity index (χ0v) is 11.0. The van der Waals surface area contributed by atoms with Gasteiger partial charge in [-0.2, -0.15) is 0 Å². The van der Waals surface area contributed by atoms with Gasteiger partial charge in [-0.1, -0.05) is 19.4 Å². The molecule has 0 spiro atoms. The molecular formula is C14H20O3. The first-order chi connectivity index (χ1) is 8.12. The van der Waals surface area contributed by atoms with E-state index in [9.17, 15) is 4.79 Å². The first-order valence-electron chi connectivity index (χ1n) is 5.85. The van der Waals surface area contributed by atoms with E-state index in [4.69, 9.17) is 9.47 Å². The average Bonchev–Trinajstić information content (AvgIpc) is 2.28. The molecule has 0 aromatic heterocycles. The third-order valence-electron chi connectivity index (χ3n) is 2.59. The summed E-state index contributed by atoms with van der Waals surface area (Å²) in [7, 11) is 3.26. The fourth-order valence-electron chi connectivity index (χ4n) is 1.95. The van der Waals surface area contributed by atoms with Gasteiger partial charge >= 0.3 is 0 Å². The van der Waals surface area contributed by atoms with E-state index in [-0.39, 0.29) is 5.78 Å². The largest absolute Gasteiger partial charge is 0.493 e. The van der Waals surface area contributed by atoms with Crippen molar-refractivity contribution in [3.8, 4) is 11.5 Å². The van der Waals surface area contributed by atoms with Crippen LogP contribution in [0.15, 0.2) is 12.1 Å². The van der Waals surface area contributed by atoms with Crippen molar-refractivity contribution >= 4 is 5.78 Å². The second-order valence-electron chi connectivity index (χ2n) is 4.12. The number of hydrogen-bond acceptors (Lipinski definition) is 3. The summed E-state index contributed by atoms with van der Waals surface area (Å²) >= 11 is 0. The third kappa shape index (κ3) is 3.48. The lowest BCUT2D eigenvalue weighted by atomic mass is 10.0. The van der Waals surface area contributed by atoms with Crippen molar-refractivity contribution in [3.05, 3.63) is 23.3 Å².